The Kier molecular flexibility index (Phi) is 16.1. The van der Waals surface area contributed by atoms with Crippen molar-refractivity contribution in [1.29, 1.82) is 0 Å². The van der Waals surface area contributed by atoms with Crippen LogP contribution in [0.4, 0.5) is 0 Å². The monoisotopic (exact) mass is 406 g/mol. The molecule has 0 saturated heterocycles. The Bertz CT molecular complexity index is 257. The van der Waals surface area contributed by atoms with E-state index in [0.29, 0.717) is 0 Å². The van der Waals surface area contributed by atoms with Crippen LogP contribution in [-0.4, -0.2) is 122 Å². The maximum absolute atomic E-state index is 9.02. The molecule has 0 aliphatic heterocycles. The Hall–Kier alpha value is -0.520. The van der Waals surface area contributed by atoms with E-state index in [4.69, 9.17) is 63.8 Å². The molecule has 0 atom stereocenters. The second kappa shape index (κ2) is 16.4. The first-order valence-electron chi connectivity index (χ1n) is 8.26. The lowest BCUT2D eigenvalue weighted by Crippen LogP contribution is -2.55. The molecule has 0 bridgehead atoms. The third-order valence-electron chi connectivity index (χ3n) is 2.47. The lowest BCUT2D eigenvalue weighted by Gasteiger charge is -2.39. The van der Waals surface area contributed by atoms with Gasteiger partial charge in [-0.1, -0.05) is 0 Å². The molecular weight excluding hydrogens is 376 g/mol. The zero-order chi connectivity index (χ0) is 20.4. The molecule has 0 rings (SSSR count). The SMILES string of the molecule is OCCOC(OCCO)(OCCO)OC(OCCO)(OCCO)OCCO. The molecule has 13 nitrogen and oxygen atoms in total. The van der Waals surface area contributed by atoms with Crippen LogP contribution in [0.1, 0.15) is 0 Å². The highest BCUT2D eigenvalue weighted by Crippen LogP contribution is 2.29. The van der Waals surface area contributed by atoms with Gasteiger partial charge in [0.15, 0.2) is 0 Å². The Morgan fingerprint density at radius 1 is 0.370 bits per heavy atom. The van der Waals surface area contributed by atoms with Crippen molar-refractivity contribution >= 4 is 0 Å². The van der Waals surface area contributed by atoms with Gasteiger partial charge in [0, 0.05) is 0 Å². The van der Waals surface area contributed by atoms with E-state index in [1.54, 1.807) is 0 Å². The highest BCUT2D eigenvalue weighted by atomic mass is 17.1. The van der Waals surface area contributed by atoms with E-state index in [-0.39, 0.29) is 39.6 Å². The van der Waals surface area contributed by atoms with Gasteiger partial charge < -0.3 is 59.1 Å². The molecule has 0 heterocycles. The van der Waals surface area contributed by atoms with Crippen molar-refractivity contribution in [3.63, 3.8) is 0 Å². The minimum absolute atomic E-state index is 0.354. The van der Waals surface area contributed by atoms with E-state index in [0.717, 1.165) is 0 Å². The minimum Gasteiger partial charge on any atom is -0.394 e. The molecule has 0 spiro atoms. The van der Waals surface area contributed by atoms with Crippen molar-refractivity contribution in [2.75, 3.05) is 79.3 Å². The van der Waals surface area contributed by atoms with E-state index in [1.807, 2.05) is 0 Å². The quantitative estimate of drug-likeness (QED) is 0.108. The van der Waals surface area contributed by atoms with E-state index in [1.165, 1.54) is 0 Å². The smallest absolute Gasteiger partial charge is 0.394 e. The van der Waals surface area contributed by atoms with Crippen molar-refractivity contribution in [3.05, 3.63) is 0 Å². The molecule has 6 N–H and O–H groups in total. The molecule has 0 saturated carbocycles. The van der Waals surface area contributed by atoms with Crippen molar-refractivity contribution in [3.8, 4) is 0 Å². The van der Waals surface area contributed by atoms with Gasteiger partial charge in [0.1, 0.15) is 0 Å². The number of aliphatic hydroxyl groups excluding tert-OH is 6. The highest BCUT2D eigenvalue weighted by molar-refractivity contribution is 4.53. The summed E-state index contributed by atoms with van der Waals surface area (Å²) < 4.78 is 36.7. The van der Waals surface area contributed by atoms with Crippen LogP contribution in [0.25, 0.3) is 0 Å². The van der Waals surface area contributed by atoms with Crippen molar-refractivity contribution in [2.24, 2.45) is 0 Å². The summed E-state index contributed by atoms with van der Waals surface area (Å²) in [5, 5.41) is 54.1. The van der Waals surface area contributed by atoms with Crippen LogP contribution in [0.3, 0.4) is 0 Å². The summed E-state index contributed by atoms with van der Waals surface area (Å²) in [6.07, 6.45) is -4.93. The second-order valence-electron chi connectivity index (χ2n) is 4.53. The fourth-order valence-electron chi connectivity index (χ4n) is 1.60. The van der Waals surface area contributed by atoms with E-state index in [2.05, 4.69) is 0 Å². The number of ether oxygens (including phenoxy) is 7. The molecule has 0 aromatic rings. The maximum Gasteiger partial charge on any atom is 0.419 e. The van der Waals surface area contributed by atoms with E-state index >= 15 is 0 Å². The summed E-state index contributed by atoms with van der Waals surface area (Å²) in [6, 6.07) is 0. The first-order valence-corrected chi connectivity index (χ1v) is 8.26. The van der Waals surface area contributed by atoms with E-state index < -0.39 is 52.0 Å². The molecule has 0 amide bonds. The molecule has 0 radical (unpaired) electrons. The van der Waals surface area contributed by atoms with Gasteiger partial charge in [-0.05, 0) is 0 Å². The Morgan fingerprint density at radius 3 is 0.704 bits per heavy atom. The van der Waals surface area contributed by atoms with Gasteiger partial charge in [-0.25, -0.2) is 4.74 Å². The van der Waals surface area contributed by atoms with Crippen LogP contribution in [0.5, 0.6) is 0 Å². The third kappa shape index (κ3) is 11.2. The van der Waals surface area contributed by atoms with Crippen LogP contribution in [0.15, 0.2) is 0 Å². The maximum atomic E-state index is 9.02. The van der Waals surface area contributed by atoms with Crippen LogP contribution < -0.4 is 0 Å². The van der Waals surface area contributed by atoms with Crippen molar-refractivity contribution in [1.82, 2.24) is 0 Å². The zero-order valence-electron chi connectivity index (χ0n) is 15.0. The van der Waals surface area contributed by atoms with Crippen molar-refractivity contribution < 1.29 is 63.8 Å². The number of hydrogen-bond donors (Lipinski definition) is 6. The first-order chi connectivity index (χ1) is 13.1. The summed E-state index contributed by atoms with van der Waals surface area (Å²) in [5.74, 6) is 0. The lowest BCUT2D eigenvalue weighted by molar-refractivity contribution is -0.621. The van der Waals surface area contributed by atoms with Gasteiger partial charge in [-0.3, -0.25) is 0 Å². The lowest BCUT2D eigenvalue weighted by atomic mass is 10.7. The van der Waals surface area contributed by atoms with Crippen LogP contribution in [-0.2, 0) is 33.2 Å². The Labute approximate surface area is 156 Å². The van der Waals surface area contributed by atoms with Gasteiger partial charge in [0.05, 0.1) is 79.3 Å². The second-order valence-corrected chi connectivity index (χ2v) is 4.53. The molecule has 0 aromatic heterocycles. The van der Waals surface area contributed by atoms with Gasteiger partial charge >= 0.3 is 12.3 Å². The third-order valence-corrected chi connectivity index (χ3v) is 2.47. The summed E-state index contributed by atoms with van der Waals surface area (Å²) in [7, 11) is 0. The molecule has 13 heteroatoms. The molecule has 0 unspecified atom stereocenters. The molecule has 164 valence electrons. The molecule has 0 fully saturated rings. The Morgan fingerprint density at radius 2 is 0.556 bits per heavy atom. The van der Waals surface area contributed by atoms with Gasteiger partial charge in [0.2, 0.25) is 0 Å². The minimum atomic E-state index is -2.46. The number of aliphatic hydroxyl groups is 6. The van der Waals surface area contributed by atoms with Gasteiger partial charge in [-0.2, -0.15) is 0 Å². The average Bonchev–Trinajstić information content (AvgIpc) is 2.70. The largest absolute Gasteiger partial charge is 0.419 e. The van der Waals surface area contributed by atoms with Crippen LogP contribution in [0, 0.1) is 0 Å². The normalized spacial score (nSPS) is 12.7. The topological polar surface area (TPSA) is 186 Å². The summed E-state index contributed by atoms with van der Waals surface area (Å²) >= 11 is 0. The van der Waals surface area contributed by atoms with Crippen LogP contribution in [0.2, 0.25) is 0 Å². The van der Waals surface area contributed by atoms with Crippen molar-refractivity contribution in [2.45, 2.75) is 12.3 Å². The first kappa shape index (κ1) is 26.5. The number of rotatable bonds is 20. The molecule has 0 aliphatic carbocycles. The Balaban J connectivity index is 5.66. The van der Waals surface area contributed by atoms with Gasteiger partial charge in [0.25, 0.3) is 0 Å². The van der Waals surface area contributed by atoms with Crippen LogP contribution >= 0.6 is 0 Å². The fourth-order valence-corrected chi connectivity index (χ4v) is 1.60. The summed E-state index contributed by atoms with van der Waals surface area (Å²) in [5.41, 5.74) is 0. The molecule has 27 heavy (non-hydrogen) atoms. The van der Waals surface area contributed by atoms with E-state index in [9.17, 15) is 0 Å². The fraction of sp³-hybridized carbons (Fsp3) is 1.00. The highest BCUT2D eigenvalue weighted by Gasteiger charge is 2.49. The average molecular weight is 406 g/mol. The van der Waals surface area contributed by atoms with Gasteiger partial charge in [-0.15, -0.1) is 0 Å². The molecule has 0 aromatic carbocycles. The molecule has 0 aliphatic rings. The predicted octanol–water partition coefficient (Wildman–Crippen LogP) is -3.72. The summed E-state index contributed by atoms with van der Waals surface area (Å²) in [6.45, 7) is -4.90. The number of hydrogen-bond acceptors (Lipinski definition) is 13. The zero-order valence-corrected chi connectivity index (χ0v) is 15.0. The summed E-state index contributed by atoms with van der Waals surface area (Å²) in [4.78, 5) is 0. The standard InChI is InChI=1S/C14H30O13/c15-1-7-21-13(22-8-2-16,23-9-3-17)27-14(24-10-4-18,25-11-5-19)26-12-6-20/h15-20H,1-12H2. The predicted molar refractivity (Wildman–Crippen MR) is 84.8 cm³/mol. The molecular formula is C14H30O13.